The summed E-state index contributed by atoms with van der Waals surface area (Å²) >= 11 is 2.17. The van der Waals surface area contributed by atoms with E-state index in [0.717, 1.165) is 17.3 Å². The van der Waals surface area contributed by atoms with Gasteiger partial charge in [-0.15, -0.1) is 0 Å². The number of rotatable bonds is 4. The molecule has 0 spiro atoms. The number of nitrogens with one attached hydrogen (secondary N) is 1. The molecular weight excluding hydrogens is 228 g/mol. The lowest BCUT2D eigenvalue weighted by molar-refractivity contribution is 0.162. The summed E-state index contributed by atoms with van der Waals surface area (Å²) in [6.07, 6.45) is 7.00. The number of likely N-dealkylation sites (N-methyl/N-ethyl adjacent to an activating group) is 1. The van der Waals surface area contributed by atoms with Gasteiger partial charge in [0.2, 0.25) is 0 Å². The van der Waals surface area contributed by atoms with E-state index in [-0.39, 0.29) is 0 Å². The summed E-state index contributed by atoms with van der Waals surface area (Å²) in [6.45, 7) is 8.47. The van der Waals surface area contributed by atoms with E-state index in [4.69, 9.17) is 0 Å². The second-order valence-electron chi connectivity index (χ2n) is 5.52. The van der Waals surface area contributed by atoms with E-state index >= 15 is 0 Å². The van der Waals surface area contributed by atoms with Crippen LogP contribution in [0, 0.1) is 0 Å². The first-order valence-electron chi connectivity index (χ1n) is 7.40. The largest absolute Gasteiger partial charge is 0.313 e. The Morgan fingerprint density at radius 1 is 1.24 bits per heavy atom. The summed E-state index contributed by atoms with van der Waals surface area (Å²) in [4.78, 5) is 2.74. The van der Waals surface area contributed by atoms with Gasteiger partial charge in [-0.25, -0.2) is 0 Å². The predicted octanol–water partition coefficient (Wildman–Crippen LogP) is 2.73. The second-order valence-corrected chi connectivity index (χ2v) is 7.01. The molecular formula is C14H28N2S. The van der Waals surface area contributed by atoms with Crippen molar-refractivity contribution in [1.29, 1.82) is 0 Å². The highest BCUT2D eigenvalue weighted by Gasteiger charge is 2.28. The lowest BCUT2D eigenvalue weighted by Crippen LogP contribution is -2.50. The topological polar surface area (TPSA) is 15.3 Å². The van der Waals surface area contributed by atoms with Crippen LogP contribution in [0.5, 0.6) is 0 Å². The van der Waals surface area contributed by atoms with E-state index in [2.05, 4.69) is 35.8 Å². The molecule has 1 N–H and O–H groups in total. The Kier molecular flexibility index (Phi) is 5.64. The fourth-order valence-electron chi connectivity index (χ4n) is 3.25. The number of nitrogens with zero attached hydrogens (tertiary/aromatic N) is 1. The van der Waals surface area contributed by atoms with Crippen molar-refractivity contribution in [2.45, 2.75) is 63.3 Å². The van der Waals surface area contributed by atoms with Gasteiger partial charge in [0.05, 0.1) is 0 Å². The van der Waals surface area contributed by atoms with Crippen molar-refractivity contribution < 1.29 is 0 Å². The van der Waals surface area contributed by atoms with E-state index in [1.165, 1.54) is 57.5 Å². The molecule has 2 aliphatic rings. The molecule has 2 nitrogen and oxygen atoms in total. The zero-order valence-electron chi connectivity index (χ0n) is 11.5. The highest BCUT2D eigenvalue weighted by molar-refractivity contribution is 7.99. The van der Waals surface area contributed by atoms with Crippen molar-refractivity contribution in [2.24, 2.45) is 0 Å². The molecule has 0 bridgehead atoms. The van der Waals surface area contributed by atoms with Gasteiger partial charge in [0.15, 0.2) is 0 Å². The fraction of sp³-hybridized carbons (Fsp3) is 1.00. The Labute approximate surface area is 111 Å². The number of piperidine rings is 1. The van der Waals surface area contributed by atoms with Crippen molar-refractivity contribution in [1.82, 2.24) is 10.2 Å². The number of hydrogen-bond donors (Lipinski definition) is 1. The van der Waals surface area contributed by atoms with Gasteiger partial charge in [-0.2, -0.15) is 11.8 Å². The summed E-state index contributed by atoms with van der Waals surface area (Å²) in [5.74, 6) is 1.37. The van der Waals surface area contributed by atoms with Crippen molar-refractivity contribution in [3.63, 3.8) is 0 Å². The highest BCUT2D eigenvalue weighted by Crippen LogP contribution is 2.29. The zero-order valence-corrected chi connectivity index (χ0v) is 12.3. The van der Waals surface area contributed by atoms with Gasteiger partial charge in [-0.05, 0) is 44.5 Å². The lowest BCUT2D eigenvalue weighted by Gasteiger charge is -2.40. The van der Waals surface area contributed by atoms with E-state index in [1.807, 2.05) is 0 Å². The molecule has 0 aromatic rings. The SMILES string of the molecule is CCN(CC1CCCCN1)C1CCCSC1C. The molecule has 3 heteroatoms. The van der Waals surface area contributed by atoms with Crippen LogP contribution in [-0.4, -0.2) is 47.6 Å². The Hall–Kier alpha value is 0.270. The van der Waals surface area contributed by atoms with Crippen LogP contribution in [-0.2, 0) is 0 Å². The summed E-state index contributed by atoms with van der Waals surface area (Å²) in [5, 5.41) is 4.52. The molecule has 2 fully saturated rings. The van der Waals surface area contributed by atoms with E-state index in [9.17, 15) is 0 Å². The van der Waals surface area contributed by atoms with Gasteiger partial charge in [0.25, 0.3) is 0 Å². The first-order chi connectivity index (χ1) is 8.31. The highest BCUT2D eigenvalue weighted by atomic mass is 32.2. The minimum absolute atomic E-state index is 0.753. The Morgan fingerprint density at radius 2 is 2.12 bits per heavy atom. The zero-order chi connectivity index (χ0) is 12.1. The summed E-state index contributed by atoms with van der Waals surface area (Å²) in [7, 11) is 0. The van der Waals surface area contributed by atoms with Crippen molar-refractivity contribution in [3.8, 4) is 0 Å². The molecule has 0 aromatic heterocycles. The number of thioether (sulfide) groups is 1. The minimum Gasteiger partial charge on any atom is -0.313 e. The average molecular weight is 256 g/mol. The maximum absolute atomic E-state index is 3.69. The van der Waals surface area contributed by atoms with Crippen LogP contribution in [0.15, 0.2) is 0 Å². The molecule has 17 heavy (non-hydrogen) atoms. The van der Waals surface area contributed by atoms with E-state index in [1.54, 1.807) is 0 Å². The third kappa shape index (κ3) is 3.87. The van der Waals surface area contributed by atoms with E-state index < -0.39 is 0 Å². The number of hydrogen-bond acceptors (Lipinski definition) is 3. The maximum Gasteiger partial charge on any atom is 0.0212 e. The first-order valence-corrected chi connectivity index (χ1v) is 8.45. The van der Waals surface area contributed by atoms with Gasteiger partial charge in [0, 0.05) is 23.9 Å². The molecule has 3 unspecified atom stereocenters. The van der Waals surface area contributed by atoms with Crippen LogP contribution in [0.4, 0.5) is 0 Å². The second kappa shape index (κ2) is 7.01. The Balaban J connectivity index is 1.85. The summed E-state index contributed by atoms with van der Waals surface area (Å²) in [6, 6.07) is 1.57. The lowest BCUT2D eigenvalue weighted by atomic mass is 10.0. The normalized spacial score (nSPS) is 35.1. The molecule has 100 valence electrons. The van der Waals surface area contributed by atoms with Gasteiger partial charge in [0.1, 0.15) is 0 Å². The van der Waals surface area contributed by atoms with Gasteiger partial charge in [-0.1, -0.05) is 20.3 Å². The molecule has 0 aromatic carbocycles. The van der Waals surface area contributed by atoms with Crippen LogP contribution in [0.2, 0.25) is 0 Å². The molecule has 0 radical (unpaired) electrons. The van der Waals surface area contributed by atoms with Crippen LogP contribution >= 0.6 is 11.8 Å². The molecule has 0 amide bonds. The molecule has 2 aliphatic heterocycles. The molecule has 2 rings (SSSR count). The molecule has 0 aliphatic carbocycles. The fourth-order valence-corrected chi connectivity index (χ4v) is 4.48. The van der Waals surface area contributed by atoms with E-state index in [0.29, 0.717) is 0 Å². The predicted molar refractivity (Wildman–Crippen MR) is 77.8 cm³/mol. The summed E-state index contributed by atoms with van der Waals surface area (Å²) in [5.41, 5.74) is 0. The average Bonchev–Trinajstić information content (AvgIpc) is 2.38. The first kappa shape index (κ1) is 13.7. The third-order valence-corrected chi connectivity index (χ3v) is 5.67. The van der Waals surface area contributed by atoms with Crippen LogP contribution in [0.3, 0.4) is 0 Å². The molecule has 3 atom stereocenters. The Bertz CT molecular complexity index is 216. The minimum atomic E-state index is 0.753. The van der Waals surface area contributed by atoms with Crippen LogP contribution in [0.1, 0.15) is 46.0 Å². The smallest absolute Gasteiger partial charge is 0.0212 e. The molecule has 2 saturated heterocycles. The third-order valence-electron chi connectivity index (χ3n) is 4.31. The van der Waals surface area contributed by atoms with Crippen molar-refractivity contribution in [3.05, 3.63) is 0 Å². The van der Waals surface area contributed by atoms with Crippen LogP contribution in [0.25, 0.3) is 0 Å². The standard InChI is InChI=1S/C14H28N2S/c1-3-16(11-13-7-4-5-9-15-13)14-8-6-10-17-12(14)2/h12-15H,3-11H2,1-2H3. The van der Waals surface area contributed by atoms with Crippen molar-refractivity contribution in [2.75, 3.05) is 25.4 Å². The Morgan fingerprint density at radius 3 is 2.76 bits per heavy atom. The van der Waals surface area contributed by atoms with Gasteiger partial charge >= 0.3 is 0 Å². The quantitative estimate of drug-likeness (QED) is 0.832. The molecule has 0 saturated carbocycles. The van der Waals surface area contributed by atoms with Gasteiger partial charge in [-0.3, -0.25) is 4.90 Å². The monoisotopic (exact) mass is 256 g/mol. The van der Waals surface area contributed by atoms with Crippen molar-refractivity contribution >= 4 is 11.8 Å². The van der Waals surface area contributed by atoms with Gasteiger partial charge < -0.3 is 5.32 Å². The molecule has 2 heterocycles. The van der Waals surface area contributed by atoms with Crippen LogP contribution < -0.4 is 5.32 Å². The summed E-state index contributed by atoms with van der Waals surface area (Å²) < 4.78 is 0. The maximum atomic E-state index is 3.69.